The maximum Gasteiger partial charge on any atom is 0.118 e. The lowest BCUT2D eigenvalue weighted by atomic mass is 9.65. The molecule has 10 radical (unpaired) electrons. The van der Waals surface area contributed by atoms with E-state index in [9.17, 15) is 5.11 Å². The summed E-state index contributed by atoms with van der Waals surface area (Å²) < 4.78 is 0. The summed E-state index contributed by atoms with van der Waals surface area (Å²) in [6.07, 6.45) is 1.67. The van der Waals surface area contributed by atoms with Crippen LogP contribution in [-0.4, -0.2) is 49.3 Å². The van der Waals surface area contributed by atoms with Gasteiger partial charge in [-0.1, -0.05) is 51.6 Å². The number of nitrogens with zero attached hydrogens (tertiary/aromatic N) is 1. The number of phenols is 1. The maximum absolute atomic E-state index is 9.89. The number of aromatic nitrogens is 1. The molecule has 0 saturated heterocycles. The first-order chi connectivity index (χ1) is 11.8. The first kappa shape index (κ1) is 17.5. The molecule has 0 fully saturated rings. The molecule has 0 bridgehead atoms. The number of rotatable bonds is 2. The van der Waals surface area contributed by atoms with Crippen molar-refractivity contribution in [2.45, 2.75) is 6.92 Å². The Morgan fingerprint density at radius 2 is 1.40 bits per heavy atom. The van der Waals surface area contributed by atoms with E-state index in [0.717, 1.165) is 16.8 Å². The Morgan fingerprint density at radius 1 is 0.840 bits per heavy atom. The number of hydrogen-bond donors (Lipinski definition) is 1. The predicted molar refractivity (Wildman–Crippen MR) is 108 cm³/mol. The zero-order valence-corrected chi connectivity index (χ0v) is 13.7. The number of aromatic hydroxyl groups is 1. The summed E-state index contributed by atoms with van der Waals surface area (Å²) in [4.78, 5) is 4.48. The molecule has 1 aromatic heterocycles. The first-order valence-corrected chi connectivity index (χ1v) is 7.59. The Morgan fingerprint density at radius 3 is 1.92 bits per heavy atom. The molecular formula is C18H10B5NO. The highest BCUT2D eigenvalue weighted by atomic mass is 16.3. The molecule has 0 amide bonds. The zero-order chi connectivity index (χ0) is 18.3. The quantitative estimate of drug-likeness (QED) is 0.578. The second-order valence-electron chi connectivity index (χ2n) is 5.88. The van der Waals surface area contributed by atoms with Crippen molar-refractivity contribution in [3.8, 4) is 28.1 Å². The van der Waals surface area contributed by atoms with Crippen molar-refractivity contribution in [3.05, 3.63) is 42.1 Å². The Labute approximate surface area is 154 Å². The van der Waals surface area contributed by atoms with Crippen LogP contribution in [0.2, 0.25) is 0 Å². The number of hydrogen-bond acceptors (Lipinski definition) is 2. The average molecular weight is 310 g/mol. The van der Waals surface area contributed by atoms with Crippen LogP contribution in [0.5, 0.6) is 5.75 Å². The fraction of sp³-hybridized carbons (Fsp3) is 0.0556. The van der Waals surface area contributed by atoms with Crippen LogP contribution < -0.4 is 27.3 Å². The normalized spacial score (nSPS) is 10.8. The molecule has 1 N–H and O–H groups in total. The molecule has 1 heterocycles. The highest BCUT2D eigenvalue weighted by Gasteiger charge is 2.16. The van der Waals surface area contributed by atoms with Crippen molar-refractivity contribution in [3.63, 3.8) is 0 Å². The van der Waals surface area contributed by atoms with E-state index in [2.05, 4.69) is 4.98 Å². The van der Waals surface area contributed by atoms with Gasteiger partial charge in [-0.15, -0.1) is 0 Å². The van der Waals surface area contributed by atoms with E-state index in [1.165, 1.54) is 0 Å². The zero-order valence-electron chi connectivity index (χ0n) is 13.7. The minimum absolute atomic E-state index is 0.00344. The van der Waals surface area contributed by atoms with Crippen LogP contribution in [0.3, 0.4) is 0 Å². The molecule has 0 saturated carbocycles. The summed E-state index contributed by atoms with van der Waals surface area (Å²) in [6, 6.07) is 9.35. The summed E-state index contributed by atoms with van der Waals surface area (Å²) in [5, 5.41) is 9.89. The van der Waals surface area contributed by atoms with Gasteiger partial charge in [0.2, 0.25) is 0 Å². The van der Waals surface area contributed by atoms with Crippen molar-refractivity contribution >= 4 is 66.5 Å². The molecule has 3 rings (SSSR count). The van der Waals surface area contributed by atoms with Gasteiger partial charge in [0.05, 0.1) is 11.4 Å². The molecule has 2 aromatic carbocycles. The molecule has 0 aliphatic rings. The van der Waals surface area contributed by atoms with Gasteiger partial charge in [-0.2, -0.15) is 0 Å². The standard InChI is InChI=1S/C18H10B5NO/c1-8-6-12(9-2-4-10(19)5-3-9)24-7-11(8)13-14(20)16(22)18(25)17(23)15(13)21/h2-7,25H,1H3. The third-order valence-electron chi connectivity index (χ3n) is 4.22. The maximum atomic E-state index is 9.89. The molecule has 0 unspecified atom stereocenters. The van der Waals surface area contributed by atoms with Crippen molar-refractivity contribution in [1.29, 1.82) is 0 Å². The second kappa shape index (κ2) is 6.55. The van der Waals surface area contributed by atoms with E-state index in [1.807, 2.05) is 37.3 Å². The third kappa shape index (κ3) is 3.04. The van der Waals surface area contributed by atoms with Crippen LogP contribution in [-0.2, 0) is 0 Å². The van der Waals surface area contributed by atoms with Gasteiger partial charge in [-0.05, 0) is 24.1 Å². The van der Waals surface area contributed by atoms with Gasteiger partial charge < -0.3 is 5.11 Å². The summed E-state index contributed by atoms with van der Waals surface area (Å²) in [5.41, 5.74) is 4.84. The van der Waals surface area contributed by atoms with Crippen molar-refractivity contribution in [2.24, 2.45) is 0 Å². The molecule has 0 aliphatic heterocycles. The summed E-state index contributed by atoms with van der Waals surface area (Å²) >= 11 is 0. The molecule has 2 nitrogen and oxygen atoms in total. The van der Waals surface area contributed by atoms with E-state index in [-0.39, 0.29) is 27.6 Å². The van der Waals surface area contributed by atoms with E-state index < -0.39 is 0 Å². The fourth-order valence-corrected chi connectivity index (χ4v) is 2.73. The summed E-state index contributed by atoms with van der Waals surface area (Å²) in [6.45, 7) is 1.91. The van der Waals surface area contributed by atoms with Crippen molar-refractivity contribution in [2.75, 3.05) is 0 Å². The van der Waals surface area contributed by atoms with E-state index in [0.29, 0.717) is 16.6 Å². The minimum atomic E-state index is -0.303. The van der Waals surface area contributed by atoms with Crippen LogP contribution in [0.25, 0.3) is 22.4 Å². The Bertz CT molecular complexity index is 941. The largest absolute Gasteiger partial charge is 0.509 e. The van der Waals surface area contributed by atoms with Crippen LogP contribution in [0.4, 0.5) is 0 Å². The Balaban J connectivity index is 2.16. The van der Waals surface area contributed by atoms with Crippen LogP contribution in [0, 0.1) is 6.92 Å². The number of aryl methyl sites for hydroxylation is 1. The Hall–Kier alpha value is -2.29. The molecule has 0 aliphatic carbocycles. The average Bonchev–Trinajstić information content (AvgIpc) is 2.60. The molecule has 7 heteroatoms. The topological polar surface area (TPSA) is 33.1 Å². The molecule has 3 aromatic rings. The van der Waals surface area contributed by atoms with Gasteiger partial charge in [0.25, 0.3) is 0 Å². The molecular weight excluding hydrogens is 300 g/mol. The highest BCUT2D eigenvalue weighted by Crippen LogP contribution is 2.24. The second-order valence-corrected chi connectivity index (χ2v) is 5.88. The number of pyridine rings is 1. The van der Waals surface area contributed by atoms with Crippen LogP contribution in [0.1, 0.15) is 5.56 Å². The van der Waals surface area contributed by atoms with Crippen LogP contribution in [0.15, 0.2) is 36.5 Å². The minimum Gasteiger partial charge on any atom is -0.509 e. The van der Waals surface area contributed by atoms with E-state index in [4.69, 9.17) is 39.2 Å². The van der Waals surface area contributed by atoms with Crippen molar-refractivity contribution in [1.82, 2.24) is 4.98 Å². The van der Waals surface area contributed by atoms with Gasteiger partial charge in [-0.3, -0.25) is 4.98 Å². The monoisotopic (exact) mass is 311 g/mol. The summed E-state index contributed by atoms with van der Waals surface area (Å²) in [5.74, 6) is -0.303. The number of phenolic OH excluding ortho intramolecular Hbond substituents is 1. The molecule has 0 atom stereocenters. The lowest BCUT2D eigenvalue weighted by Crippen LogP contribution is -2.42. The van der Waals surface area contributed by atoms with E-state index >= 15 is 0 Å². The Kier molecular flexibility index (Phi) is 4.59. The van der Waals surface area contributed by atoms with Gasteiger partial charge in [0.15, 0.2) is 0 Å². The van der Waals surface area contributed by atoms with Gasteiger partial charge >= 0.3 is 0 Å². The smallest absolute Gasteiger partial charge is 0.118 e. The van der Waals surface area contributed by atoms with Gasteiger partial charge in [0, 0.05) is 17.3 Å². The molecule has 108 valence electrons. The van der Waals surface area contributed by atoms with Gasteiger partial charge in [-0.25, -0.2) is 0 Å². The highest BCUT2D eigenvalue weighted by molar-refractivity contribution is 6.61. The SMILES string of the molecule is [B]c1ccc(-c2cc(C)c(-c3c([B])c([B])c(O)c([B])c3[B])cn2)cc1. The fourth-order valence-electron chi connectivity index (χ4n) is 2.73. The van der Waals surface area contributed by atoms with Crippen LogP contribution >= 0.6 is 0 Å². The van der Waals surface area contributed by atoms with Crippen molar-refractivity contribution < 1.29 is 5.11 Å². The third-order valence-corrected chi connectivity index (χ3v) is 4.22. The van der Waals surface area contributed by atoms with E-state index in [1.54, 1.807) is 6.20 Å². The lowest BCUT2D eigenvalue weighted by Gasteiger charge is -2.21. The summed E-state index contributed by atoms with van der Waals surface area (Å²) in [7, 11) is 29.5. The molecule has 0 spiro atoms. The van der Waals surface area contributed by atoms with Gasteiger partial charge in [0.1, 0.15) is 39.2 Å². The lowest BCUT2D eigenvalue weighted by molar-refractivity contribution is 0.484. The first-order valence-electron chi connectivity index (χ1n) is 7.59. The molecule has 25 heavy (non-hydrogen) atoms. The number of benzene rings is 2. The predicted octanol–water partition coefficient (Wildman–Crippen LogP) is -1.60.